The molecule has 1 fully saturated rings. The molecule has 1 amide bonds. The number of rotatable bonds is 3. The van der Waals surface area contributed by atoms with Crippen molar-refractivity contribution in [2.45, 2.75) is 12.5 Å². The monoisotopic (exact) mass is 220 g/mol. The van der Waals surface area contributed by atoms with Crippen LogP contribution in [0, 0.1) is 0 Å². The van der Waals surface area contributed by atoms with E-state index in [0.29, 0.717) is 17.9 Å². The first-order valence-electron chi connectivity index (χ1n) is 5.42. The summed E-state index contributed by atoms with van der Waals surface area (Å²) in [6.45, 7) is 1.32. The molecule has 2 rings (SSSR count). The number of likely N-dealkylation sites (tertiary alicyclic amines) is 1. The molecular weight excluding hydrogens is 204 g/mol. The van der Waals surface area contributed by atoms with Gasteiger partial charge in [-0.15, -0.1) is 0 Å². The summed E-state index contributed by atoms with van der Waals surface area (Å²) in [5, 5.41) is 0. The quantitative estimate of drug-likeness (QED) is 0.822. The maximum atomic E-state index is 12.2. The molecule has 0 aromatic heterocycles. The first-order valence-corrected chi connectivity index (χ1v) is 5.42. The van der Waals surface area contributed by atoms with Crippen molar-refractivity contribution in [3.8, 4) is 5.75 Å². The van der Waals surface area contributed by atoms with E-state index >= 15 is 0 Å². The molecule has 86 valence electrons. The van der Waals surface area contributed by atoms with Crippen LogP contribution in [0.3, 0.4) is 0 Å². The zero-order valence-electron chi connectivity index (χ0n) is 9.35. The molecule has 1 saturated heterocycles. The fourth-order valence-electron chi connectivity index (χ4n) is 1.93. The molecule has 0 radical (unpaired) electrons. The molecule has 1 heterocycles. The van der Waals surface area contributed by atoms with E-state index in [4.69, 9.17) is 10.5 Å². The van der Waals surface area contributed by atoms with Crippen molar-refractivity contribution < 1.29 is 9.53 Å². The molecule has 1 atom stereocenters. The largest absolute Gasteiger partial charge is 0.496 e. The lowest BCUT2D eigenvalue weighted by Gasteiger charge is -2.40. The minimum atomic E-state index is 0.0131. The van der Waals surface area contributed by atoms with Crippen molar-refractivity contribution in [3.05, 3.63) is 29.8 Å². The third-order valence-electron chi connectivity index (χ3n) is 3.01. The Bertz CT molecular complexity index is 390. The first kappa shape index (κ1) is 11.0. The van der Waals surface area contributed by atoms with Crippen molar-refractivity contribution in [1.82, 2.24) is 4.90 Å². The normalized spacial score (nSPS) is 19.1. The molecule has 2 N–H and O–H groups in total. The highest BCUT2D eigenvalue weighted by atomic mass is 16.5. The number of hydrogen-bond donors (Lipinski definition) is 1. The Morgan fingerprint density at radius 3 is 2.88 bits per heavy atom. The highest BCUT2D eigenvalue weighted by Gasteiger charge is 2.32. The third kappa shape index (κ3) is 1.76. The second kappa shape index (κ2) is 4.53. The lowest BCUT2D eigenvalue weighted by atomic mass is 10.0. The molecule has 4 heteroatoms. The molecule has 0 spiro atoms. The Balaban J connectivity index is 2.20. The van der Waals surface area contributed by atoms with Crippen molar-refractivity contribution >= 4 is 5.91 Å². The van der Waals surface area contributed by atoms with Crippen molar-refractivity contribution in [3.63, 3.8) is 0 Å². The highest BCUT2D eigenvalue weighted by Crippen LogP contribution is 2.24. The molecule has 0 saturated carbocycles. The van der Waals surface area contributed by atoms with Gasteiger partial charge in [-0.05, 0) is 18.6 Å². The van der Waals surface area contributed by atoms with Crippen LogP contribution in [0.5, 0.6) is 5.75 Å². The second-order valence-electron chi connectivity index (χ2n) is 3.88. The van der Waals surface area contributed by atoms with Crippen LogP contribution in [0.4, 0.5) is 0 Å². The second-order valence-corrected chi connectivity index (χ2v) is 3.88. The standard InChI is InChI=1S/C12H16N2O2/c1-16-11-5-3-2-4-10(11)12(15)14-7-6-9(14)8-13/h2-5,9H,6-8,13H2,1H3. The van der Waals surface area contributed by atoms with E-state index in [2.05, 4.69) is 0 Å². The average Bonchev–Trinajstić information content (AvgIpc) is 2.28. The summed E-state index contributed by atoms with van der Waals surface area (Å²) in [7, 11) is 1.57. The van der Waals surface area contributed by atoms with Crippen LogP contribution in [0.1, 0.15) is 16.8 Å². The average molecular weight is 220 g/mol. The van der Waals surface area contributed by atoms with Gasteiger partial charge in [-0.25, -0.2) is 0 Å². The summed E-state index contributed by atoms with van der Waals surface area (Å²) in [5.74, 6) is 0.634. The molecule has 0 aliphatic carbocycles. The van der Waals surface area contributed by atoms with Crippen LogP contribution in [-0.4, -0.2) is 37.0 Å². The summed E-state index contributed by atoms with van der Waals surface area (Å²) < 4.78 is 5.18. The number of carbonyl (C=O) groups is 1. The van der Waals surface area contributed by atoms with Crippen molar-refractivity contribution in [2.75, 3.05) is 20.2 Å². The minimum absolute atomic E-state index is 0.0131. The number of benzene rings is 1. The van der Waals surface area contributed by atoms with E-state index in [-0.39, 0.29) is 11.9 Å². The van der Waals surface area contributed by atoms with Crippen molar-refractivity contribution in [1.29, 1.82) is 0 Å². The number of amides is 1. The topological polar surface area (TPSA) is 55.6 Å². The zero-order chi connectivity index (χ0) is 11.5. The number of nitrogens with two attached hydrogens (primary N) is 1. The molecule has 1 aliphatic rings. The van der Waals surface area contributed by atoms with Gasteiger partial charge in [0, 0.05) is 19.1 Å². The molecule has 4 nitrogen and oxygen atoms in total. The highest BCUT2D eigenvalue weighted by molar-refractivity contribution is 5.97. The summed E-state index contributed by atoms with van der Waals surface area (Å²) in [5.41, 5.74) is 6.20. The van der Waals surface area contributed by atoms with Crippen LogP contribution in [0.2, 0.25) is 0 Å². The van der Waals surface area contributed by atoms with Gasteiger partial charge >= 0.3 is 0 Å². The Labute approximate surface area is 95.0 Å². The molecule has 1 aliphatic heterocycles. The Hall–Kier alpha value is -1.55. The molecule has 1 aromatic carbocycles. The summed E-state index contributed by atoms with van der Waals surface area (Å²) in [4.78, 5) is 14.0. The molecule has 0 bridgehead atoms. The van der Waals surface area contributed by atoms with E-state index in [0.717, 1.165) is 13.0 Å². The van der Waals surface area contributed by atoms with E-state index in [1.165, 1.54) is 0 Å². The molecule has 1 aromatic rings. The van der Waals surface area contributed by atoms with Gasteiger partial charge in [-0.1, -0.05) is 12.1 Å². The molecule has 16 heavy (non-hydrogen) atoms. The summed E-state index contributed by atoms with van der Waals surface area (Å²) in [6, 6.07) is 7.47. The van der Waals surface area contributed by atoms with Crippen LogP contribution in [-0.2, 0) is 0 Å². The number of ether oxygens (including phenoxy) is 1. The van der Waals surface area contributed by atoms with Gasteiger partial charge in [0.1, 0.15) is 5.75 Å². The van der Waals surface area contributed by atoms with Crippen molar-refractivity contribution in [2.24, 2.45) is 5.73 Å². The van der Waals surface area contributed by atoms with Gasteiger partial charge in [-0.2, -0.15) is 0 Å². The Morgan fingerprint density at radius 1 is 1.56 bits per heavy atom. The molecular formula is C12H16N2O2. The van der Waals surface area contributed by atoms with Gasteiger partial charge in [0.2, 0.25) is 0 Å². The zero-order valence-corrected chi connectivity index (χ0v) is 9.35. The number of para-hydroxylation sites is 1. The fraction of sp³-hybridized carbons (Fsp3) is 0.417. The number of methoxy groups -OCH3 is 1. The van der Waals surface area contributed by atoms with E-state index < -0.39 is 0 Å². The van der Waals surface area contributed by atoms with Crippen LogP contribution in [0.15, 0.2) is 24.3 Å². The Kier molecular flexibility index (Phi) is 3.10. The van der Waals surface area contributed by atoms with Crippen LogP contribution >= 0.6 is 0 Å². The van der Waals surface area contributed by atoms with Gasteiger partial charge in [0.05, 0.1) is 12.7 Å². The predicted octanol–water partition coefficient (Wildman–Crippen LogP) is 0.868. The van der Waals surface area contributed by atoms with E-state index in [9.17, 15) is 4.79 Å². The predicted molar refractivity (Wildman–Crippen MR) is 61.5 cm³/mol. The number of hydrogen-bond acceptors (Lipinski definition) is 3. The smallest absolute Gasteiger partial charge is 0.257 e. The van der Waals surface area contributed by atoms with Crippen LogP contribution < -0.4 is 10.5 Å². The van der Waals surface area contributed by atoms with E-state index in [1.807, 2.05) is 12.1 Å². The third-order valence-corrected chi connectivity index (χ3v) is 3.01. The van der Waals surface area contributed by atoms with Gasteiger partial charge < -0.3 is 15.4 Å². The minimum Gasteiger partial charge on any atom is -0.496 e. The summed E-state index contributed by atoms with van der Waals surface area (Å²) in [6.07, 6.45) is 0.997. The SMILES string of the molecule is COc1ccccc1C(=O)N1CCC1CN. The summed E-state index contributed by atoms with van der Waals surface area (Å²) >= 11 is 0. The van der Waals surface area contributed by atoms with Gasteiger partial charge in [0.15, 0.2) is 0 Å². The van der Waals surface area contributed by atoms with Gasteiger partial charge in [-0.3, -0.25) is 4.79 Å². The van der Waals surface area contributed by atoms with E-state index in [1.54, 1.807) is 24.1 Å². The number of nitrogens with zero attached hydrogens (tertiary/aromatic N) is 1. The van der Waals surface area contributed by atoms with Crippen LogP contribution in [0.25, 0.3) is 0 Å². The lowest BCUT2D eigenvalue weighted by molar-refractivity contribution is 0.0478. The molecule has 1 unspecified atom stereocenters. The van der Waals surface area contributed by atoms with Gasteiger partial charge in [0.25, 0.3) is 5.91 Å². The maximum absolute atomic E-state index is 12.2. The fourth-order valence-corrected chi connectivity index (χ4v) is 1.93. The maximum Gasteiger partial charge on any atom is 0.257 e. The lowest BCUT2D eigenvalue weighted by Crippen LogP contribution is -2.54. The number of carbonyl (C=O) groups excluding carboxylic acids is 1. The first-order chi connectivity index (χ1) is 7.77. The Morgan fingerprint density at radius 2 is 2.31 bits per heavy atom.